The second-order valence-corrected chi connectivity index (χ2v) is 13.7. The van der Waals surface area contributed by atoms with E-state index in [0.29, 0.717) is 47.2 Å². The predicted molar refractivity (Wildman–Crippen MR) is 172 cm³/mol. The number of hydrogen-bond donors (Lipinski definition) is 0. The fourth-order valence-corrected chi connectivity index (χ4v) is 7.82. The van der Waals surface area contributed by atoms with Crippen LogP contribution >= 0.6 is 0 Å². The van der Waals surface area contributed by atoms with Crippen molar-refractivity contribution in [2.24, 2.45) is 16.2 Å². The van der Waals surface area contributed by atoms with Gasteiger partial charge in [0.15, 0.2) is 11.5 Å². The zero-order valence-corrected chi connectivity index (χ0v) is 26.9. The van der Waals surface area contributed by atoms with Crippen molar-refractivity contribution >= 4 is 27.5 Å². The number of oxazole rings is 1. The van der Waals surface area contributed by atoms with Crippen LogP contribution in [0.3, 0.4) is 0 Å². The number of nitrogens with zero attached hydrogens (tertiary/aromatic N) is 4. The summed E-state index contributed by atoms with van der Waals surface area (Å²) in [7, 11) is 1.26. The largest absolute Gasteiger partial charge is 0.496 e. The maximum atomic E-state index is 13.6. The smallest absolute Gasteiger partial charge is 0.283 e. The minimum atomic E-state index is -3.82. The summed E-state index contributed by atoms with van der Waals surface area (Å²) in [5.74, 6) is 2.77. The van der Waals surface area contributed by atoms with Gasteiger partial charge < -0.3 is 18.8 Å². The number of sulfonamides is 1. The third-order valence-corrected chi connectivity index (χ3v) is 10.1. The summed E-state index contributed by atoms with van der Waals surface area (Å²) in [4.78, 5) is 8.90. The fourth-order valence-electron chi connectivity index (χ4n) is 6.88. The van der Waals surface area contributed by atoms with Crippen molar-refractivity contribution in [3.8, 4) is 22.6 Å². The topological polar surface area (TPSA) is 97.5 Å². The summed E-state index contributed by atoms with van der Waals surface area (Å²) >= 11 is 0. The van der Waals surface area contributed by atoms with Crippen LogP contribution in [0.5, 0.6) is 11.5 Å². The molecule has 2 fully saturated rings. The Bertz CT molecular complexity index is 1810. The molecule has 1 saturated heterocycles. The van der Waals surface area contributed by atoms with Gasteiger partial charge in [-0.15, -0.1) is 4.40 Å². The first-order valence-electron chi connectivity index (χ1n) is 15.3. The van der Waals surface area contributed by atoms with Crippen LogP contribution in [0.15, 0.2) is 68.3 Å². The van der Waals surface area contributed by atoms with Crippen molar-refractivity contribution < 1.29 is 26.7 Å². The van der Waals surface area contributed by atoms with Crippen molar-refractivity contribution in [1.29, 1.82) is 0 Å². The first-order valence-corrected chi connectivity index (χ1v) is 16.8. The molecule has 4 aromatic rings. The maximum absolute atomic E-state index is 13.6. The van der Waals surface area contributed by atoms with E-state index in [1.807, 2.05) is 6.92 Å². The molecule has 6 rings (SSSR count). The molecule has 0 radical (unpaired) electrons. The number of benzene rings is 3. The molecule has 11 heteroatoms. The van der Waals surface area contributed by atoms with E-state index in [1.165, 1.54) is 30.6 Å². The first kappa shape index (κ1) is 31.0. The zero-order valence-electron chi connectivity index (χ0n) is 26.1. The van der Waals surface area contributed by atoms with E-state index in [4.69, 9.17) is 13.9 Å². The number of methoxy groups -OCH3 is 1. The average molecular weight is 635 g/mol. The molecule has 9 nitrogen and oxygen atoms in total. The Hall–Kier alpha value is -3.96. The van der Waals surface area contributed by atoms with Crippen LogP contribution in [-0.4, -0.2) is 69.9 Å². The summed E-state index contributed by atoms with van der Waals surface area (Å²) in [6, 6.07) is 15.7. The summed E-state index contributed by atoms with van der Waals surface area (Å²) < 4.78 is 60.5. The molecule has 2 aliphatic rings. The van der Waals surface area contributed by atoms with Crippen LogP contribution < -0.4 is 9.47 Å². The van der Waals surface area contributed by atoms with E-state index in [9.17, 15) is 12.8 Å². The van der Waals surface area contributed by atoms with Crippen LogP contribution in [0, 0.1) is 17.7 Å². The van der Waals surface area contributed by atoms with Crippen LogP contribution in [0.4, 0.5) is 4.39 Å². The lowest BCUT2D eigenvalue weighted by Crippen LogP contribution is -2.30. The highest BCUT2D eigenvalue weighted by molar-refractivity contribution is 7.90. The van der Waals surface area contributed by atoms with Gasteiger partial charge in [-0.25, -0.2) is 9.37 Å². The molecule has 3 atom stereocenters. The van der Waals surface area contributed by atoms with Gasteiger partial charge in [-0.05, 0) is 98.2 Å². The van der Waals surface area contributed by atoms with Gasteiger partial charge in [0, 0.05) is 33.1 Å². The second-order valence-electron chi connectivity index (χ2n) is 12.0. The molecule has 1 aliphatic heterocycles. The molecule has 3 aromatic carbocycles. The van der Waals surface area contributed by atoms with Gasteiger partial charge in [-0.1, -0.05) is 12.1 Å². The molecule has 1 aliphatic carbocycles. The number of ether oxygens (including phenoxy) is 2. The van der Waals surface area contributed by atoms with Crippen LogP contribution in [0.25, 0.3) is 22.2 Å². The molecule has 2 heterocycles. The lowest BCUT2D eigenvalue weighted by Gasteiger charge is -2.25. The number of aromatic nitrogens is 1. The lowest BCUT2D eigenvalue weighted by atomic mass is 9.90. The molecule has 45 heavy (non-hydrogen) atoms. The minimum Gasteiger partial charge on any atom is -0.496 e. The highest BCUT2D eigenvalue weighted by Crippen LogP contribution is 2.45. The van der Waals surface area contributed by atoms with Gasteiger partial charge in [-0.2, -0.15) is 8.42 Å². The minimum absolute atomic E-state index is 0.0927. The van der Waals surface area contributed by atoms with Crippen molar-refractivity contribution in [2.45, 2.75) is 50.1 Å². The third kappa shape index (κ3) is 6.55. The number of halogens is 1. The van der Waals surface area contributed by atoms with E-state index >= 15 is 0 Å². The number of hydrogen-bond acceptors (Lipinski definition) is 7. The highest BCUT2D eigenvalue weighted by Gasteiger charge is 2.44. The Morgan fingerprint density at radius 2 is 1.87 bits per heavy atom. The third-order valence-electron chi connectivity index (χ3n) is 8.87. The van der Waals surface area contributed by atoms with Gasteiger partial charge in [0.2, 0.25) is 0 Å². The number of fused-ring (bicyclic) bond motifs is 2. The van der Waals surface area contributed by atoms with E-state index in [1.54, 1.807) is 44.3 Å². The lowest BCUT2D eigenvalue weighted by molar-refractivity contribution is 0.225. The van der Waals surface area contributed by atoms with Crippen LogP contribution in [0.1, 0.15) is 37.6 Å². The van der Waals surface area contributed by atoms with E-state index in [-0.39, 0.29) is 10.7 Å². The summed E-state index contributed by atoms with van der Waals surface area (Å²) in [6.07, 6.45) is 5.28. The first-order chi connectivity index (χ1) is 21.6. The Morgan fingerprint density at radius 1 is 1.09 bits per heavy atom. The Kier molecular flexibility index (Phi) is 8.83. The molecule has 0 N–H and O–H groups in total. The number of rotatable bonds is 11. The van der Waals surface area contributed by atoms with E-state index in [2.05, 4.69) is 26.4 Å². The van der Waals surface area contributed by atoms with Gasteiger partial charge in [0.25, 0.3) is 10.0 Å². The molecular weight excluding hydrogens is 595 g/mol. The fraction of sp³-hybridized carbons (Fsp3) is 0.412. The summed E-state index contributed by atoms with van der Waals surface area (Å²) in [5, 5.41) is 0. The van der Waals surface area contributed by atoms with Gasteiger partial charge in [0.1, 0.15) is 29.2 Å². The molecule has 1 saturated carbocycles. The summed E-state index contributed by atoms with van der Waals surface area (Å²) in [6.45, 7) is 4.24. The van der Waals surface area contributed by atoms with Crippen molar-refractivity contribution in [2.75, 3.05) is 34.4 Å². The monoisotopic (exact) mass is 634 g/mol. The van der Waals surface area contributed by atoms with Crippen molar-refractivity contribution in [3.63, 3.8) is 0 Å². The molecule has 0 spiro atoms. The van der Waals surface area contributed by atoms with Gasteiger partial charge >= 0.3 is 0 Å². The van der Waals surface area contributed by atoms with Crippen LogP contribution in [-0.2, 0) is 23.0 Å². The Morgan fingerprint density at radius 3 is 2.60 bits per heavy atom. The number of likely N-dealkylation sites (tertiary alicyclic amines) is 1. The standard InChI is InChI=1S/C34H39FN4O5S/c1-5-43-32-17-22(16-31(42-4)34(32)23-6-9-25(35)10-7-23)20-39-15-14-27-24(8-12-29(27)39)18-33-37-28-19-26(11-13-30(28)44-33)45(40,41)36-21-38(2)3/h6-7,9-11,13,16-17,19,21,24,27,29H,5,8,12,14-15,18,20H2,1-4H3/t24?,27-,29+/m0/s1. The Balaban J connectivity index is 1.16. The molecule has 238 valence electrons. The molecule has 0 bridgehead atoms. The Labute approximate surface area is 263 Å². The highest BCUT2D eigenvalue weighted by atomic mass is 32.2. The van der Waals surface area contributed by atoms with Crippen molar-refractivity contribution in [1.82, 2.24) is 14.8 Å². The molecular formula is C34H39FN4O5S. The summed E-state index contributed by atoms with van der Waals surface area (Å²) in [5.41, 5.74) is 3.89. The maximum Gasteiger partial charge on any atom is 0.283 e. The van der Waals surface area contributed by atoms with Gasteiger partial charge in [-0.3, -0.25) is 4.90 Å². The van der Waals surface area contributed by atoms with E-state index < -0.39 is 10.0 Å². The second kappa shape index (κ2) is 12.8. The van der Waals surface area contributed by atoms with Crippen LogP contribution in [0.2, 0.25) is 0 Å². The average Bonchev–Trinajstić information content (AvgIpc) is 3.73. The molecule has 1 unspecified atom stereocenters. The van der Waals surface area contributed by atoms with E-state index in [0.717, 1.165) is 61.2 Å². The quantitative estimate of drug-likeness (QED) is 0.143. The van der Waals surface area contributed by atoms with Crippen molar-refractivity contribution in [3.05, 3.63) is 71.9 Å². The SMILES string of the molecule is CCOc1cc(CN2CC[C@H]3C(Cc4nc5cc(S(=O)(=O)N=CN(C)C)ccc5o4)CC[C@H]32)cc(OC)c1-c1ccc(F)cc1. The van der Waals surface area contributed by atoms with Gasteiger partial charge in [0.05, 0.1) is 24.2 Å². The predicted octanol–water partition coefficient (Wildman–Crippen LogP) is 6.16. The normalized spacial score (nSPS) is 20.2. The molecule has 1 aromatic heterocycles. The molecule has 0 amide bonds. The zero-order chi connectivity index (χ0) is 31.7.